The number of aliphatic hydroxyl groups is 1. The van der Waals surface area contributed by atoms with Gasteiger partial charge in [0, 0.05) is 31.9 Å². The fourth-order valence-corrected chi connectivity index (χ4v) is 3.20. The Balaban J connectivity index is 1.51. The number of hydrogen-bond donors (Lipinski definition) is 2. The Bertz CT molecular complexity index is 717. The van der Waals surface area contributed by atoms with E-state index >= 15 is 0 Å². The van der Waals surface area contributed by atoms with Crippen molar-refractivity contribution in [1.82, 2.24) is 20.4 Å². The third-order valence-corrected chi connectivity index (χ3v) is 4.49. The number of nitrogens with one attached hydrogen (secondary N) is 1. The van der Waals surface area contributed by atoms with Crippen LogP contribution < -0.4 is 5.32 Å². The molecular formula is C19H26N4O3. The van der Waals surface area contributed by atoms with Gasteiger partial charge in [0.2, 0.25) is 5.76 Å². The zero-order valence-electron chi connectivity index (χ0n) is 15.3. The van der Waals surface area contributed by atoms with Gasteiger partial charge in [0.15, 0.2) is 0 Å². The van der Waals surface area contributed by atoms with Crippen LogP contribution in [0.2, 0.25) is 0 Å². The van der Waals surface area contributed by atoms with Gasteiger partial charge in [-0.05, 0) is 30.9 Å². The Labute approximate surface area is 153 Å². The van der Waals surface area contributed by atoms with E-state index in [-0.39, 0.29) is 17.7 Å². The topological polar surface area (TPSA) is 91.5 Å². The van der Waals surface area contributed by atoms with Crippen molar-refractivity contribution in [2.24, 2.45) is 5.92 Å². The Morgan fingerprint density at radius 3 is 2.96 bits per heavy atom. The minimum atomic E-state index is -0.630. The first kappa shape index (κ1) is 18.5. The highest BCUT2D eigenvalue weighted by Crippen LogP contribution is 2.15. The van der Waals surface area contributed by atoms with E-state index in [0.717, 1.165) is 24.4 Å². The van der Waals surface area contributed by atoms with E-state index in [0.29, 0.717) is 25.4 Å². The van der Waals surface area contributed by atoms with Crippen LogP contribution in [-0.2, 0) is 13.0 Å². The number of carbonyl (C=O) groups excluding carboxylic acids is 1. The first-order valence-electron chi connectivity index (χ1n) is 9.08. The average Bonchev–Trinajstić information content (AvgIpc) is 3.06. The van der Waals surface area contributed by atoms with Gasteiger partial charge in [0.05, 0.1) is 23.5 Å². The molecule has 26 heavy (non-hydrogen) atoms. The van der Waals surface area contributed by atoms with E-state index in [1.54, 1.807) is 12.3 Å². The Hall–Kier alpha value is -2.25. The standard InChI is InChI=1S/C19H26N4O3/c1-13(2)9-15-10-18(26-22-15)19(25)21-16-6-8-23(12-17(16)24)11-14-5-3-4-7-20-14/h3-5,7,10,13,16-17,24H,6,8-9,11-12H2,1-2H3,(H,21,25)/t16-,17-/m1/s1. The Morgan fingerprint density at radius 2 is 2.27 bits per heavy atom. The third kappa shape index (κ3) is 4.89. The predicted molar refractivity (Wildman–Crippen MR) is 96.4 cm³/mol. The Kier molecular flexibility index (Phi) is 6.00. The molecule has 2 atom stereocenters. The number of aromatic nitrogens is 2. The van der Waals surface area contributed by atoms with Crippen molar-refractivity contribution in [3.8, 4) is 0 Å². The Morgan fingerprint density at radius 1 is 1.42 bits per heavy atom. The molecule has 0 spiro atoms. The summed E-state index contributed by atoms with van der Waals surface area (Å²) in [7, 11) is 0. The molecule has 0 aliphatic carbocycles. The summed E-state index contributed by atoms with van der Waals surface area (Å²) in [4.78, 5) is 18.8. The van der Waals surface area contributed by atoms with Gasteiger partial charge >= 0.3 is 0 Å². The minimum absolute atomic E-state index is 0.198. The molecule has 1 aliphatic rings. The molecule has 3 heterocycles. The van der Waals surface area contributed by atoms with Crippen molar-refractivity contribution in [2.75, 3.05) is 13.1 Å². The van der Waals surface area contributed by atoms with Crippen LogP contribution in [0.3, 0.4) is 0 Å². The highest BCUT2D eigenvalue weighted by molar-refractivity contribution is 5.91. The van der Waals surface area contributed by atoms with E-state index in [1.165, 1.54) is 0 Å². The van der Waals surface area contributed by atoms with Crippen LogP contribution >= 0.6 is 0 Å². The number of pyridine rings is 1. The number of rotatable bonds is 6. The molecule has 0 unspecified atom stereocenters. The number of amides is 1. The SMILES string of the molecule is CC(C)Cc1cc(C(=O)N[C@@H]2CCN(Cc3ccccn3)C[C@H]2O)on1. The van der Waals surface area contributed by atoms with Gasteiger partial charge in [0.25, 0.3) is 5.91 Å². The number of carbonyl (C=O) groups is 1. The van der Waals surface area contributed by atoms with Gasteiger partial charge in [-0.1, -0.05) is 25.1 Å². The molecule has 0 saturated carbocycles. The van der Waals surface area contributed by atoms with Gasteiger partial charge in [-0.25, -0.2) is 0 Å². The summed E-state index contributed by atoms with van der Waals surface area (Å²) in [5, 5.41) is 17.2. The first-order valence-corrected chi connectivity index (χ1v) is 9.08. The zero-order valence-corrected chi connectivity index (χ0v) is 15.3. The number of likely N-dealkylation sites (tertiary alicyclic amines) is 1. The molecule has 0 bridgehead atoms. The molecule has 1 amide bonds. The molecule has 140 valence electrons. The normalized spacial score (nSPS) is 21.1. The second-order valence-electron chi connectivity index (χ2n) is 7.27. The number of aliphatic hydroxyl groups excluding tert-OH is 1. The summed E-state index contributed by atoms with van der Waals surface area (Å²) in [6, 6.07) is 7.20. The highest BCUT2D eigenvalue weighted by atomic mass is 16.5. The molecule has 1 fully saturated rings. The van der Waals surface area contributed by atoms with Crippen molar-refractivity contribution in [3.05, 3.63) is 47.6 Å². The summed E-state index contributed by atoms with van der Waals surface area (Å²) in [5.74, 6) is 0.319. The largest absolute Gasteiger partial charge is 0.390 e. The van der Waals surface area contributed by atoms with E-state index in [2.05, 4.69) is 34.2 Å². The monoisotopic (exact) mass is 358 g/mol. The lowest BCUT2D eigenvalue weighted by Crippen LogP contribution is -2.53. The van der Waals surface area contributed by atoms with Gasteiger partial charge in [-0.3, -0.25) is 14.7 Å². The fourth-order valence-electron chi connectivity index (χ4n) is 3.20. The lowest BCUT2D eigenvalue weighted by molar-refractivity contribution is 0.0337. The molecule has 3 rings (SSSR count). The van der Waals surface area contributed by atoms with Crippen LogP contribution in [0.15, 0.2) is 35.0 Å². The van der Waals surface area contributed by atoms with Gasteiger partial charge in [-0.2, -0.15) is 0 Å². The lowest BCUT2D eigenvalue weighted by Gasteiger charge is -2.35. The fraction of sp³-hybridized carbons (Fsp3) is 0.526. The number of β-amino-alcohol motifs (C(OH)–C–C–N with tert-alkyl or cyclic N) is 1. The minimum Gasteiger partial charge on any atom is -0.390 e. The molecule has 2 aromatic heterocycles. The summed E-state index contributed by atoms with van der Waals surface area (Å²) >= 11 is 0. The molecule has 1 saturated heterocycles. The number of nitrogens with zero attached hydrogens (tertiary/aromatic N) is 3. The van der Waals surface area contributed by atoms with Crippen LogP contribution in [-0.4, -0.2) is 51.3 Å². The average molecular weight is 358 g/mol. The maximum absolute atomic E-state index is 12.4. The van der Waals surface area contributed by atoms with E-state index in [1.807, 2.05) is 18.2 Å². The van der Waals surface area contributed by atoms with E-state index < -0.39 is 6.10 Å². The van der Waals surface area contributed by atoms with Crippen molar-refractivity contribution >= 4 is 5.91 Å². The maximum atomic E-state index is 12.4. The van der Waals surface area contributed by atoms with Crippen LogP contribution in [0.1, 0.15) is 42.2 Å². The summed E-state index contributed by atoms with van der Waals surface area (Å²) in [6.45, 7) is 6.15. The zero-order chi connectivity index (χ0) is 18.5. The number of piperidine rings is 1. The van der Waals surface area contributed by atoms with Gasteiger partial charge in [-0.15, -0.1) is 0 Å². The highest BCUT2D eigenvalue weighted by Gasteiger charge is 2.30. The van der Waals surface area contributed by atoms with Crippen LogP contribution in [0, 0.1) is 5.92 Å². The van der Waals surface area contributed by atoms with Crippen molar-refractivity contribution in [1.29, 1.82) is 0 Å². The molecule has 2 aromatic rings. The van der Waals surface area contributed by atoms with E-state index in [4.69, 9.17) is 4.52 Å². The molecule has 0 radical (unpaired) electrons. The van der Waals surface area contributed by atoms with Gasteiger partial charge < -0.3 is 14.9 Å². The molecule has 7 heteroatoms. The third-order valence-electron chi connectivity index (χ3n) is 4.49. The summed E-state index contributed by atoms with van der Waals surface area (Å²) < 4.78 is 5.14. The van der Waals surface area contributed by atoms with E-state index in [9.17, 15) is 9.90 Å². The van der Waals surface area contributed by atoms with Crippen molar-refractivity contribution in [2.45, 2.75) is 45.4 Å². The van der Waals surface area contributed by atoms with Gasteiger partial charge in [0.1, 0.15) is 0 Å². The van der Waals surface area contributed by atoms with Crippen molar-refractivity contribution < 1.29 is 14.4 Å². The molecule has 1 aliphatic heterocycles. The van der Waals surface area contributed by atoms with Crippen LogP contribution in [0.4, 0.5) is 0 Å². The van der Waals surface area contributed by atoms with Crippen molar-refractivity contribution in [3.63, 3.8) is 0 Å². The number of hydrogen-bond acceptors (Lipinski definition) is 6. The molecule has 7 nitrogen and oxygen atoms in total. The maximum Gasteiger partial charge on any atom is 0.290 e. The molecule has 2 N–H and O–H groups in total. The summed E-state index contributed by atoms with van der Waals surface area (Å²) in [6.07, 6.45) is 2.58. The van der Waals surface area contributed by atoms with Crippen LogP contribution in [0.5, 0.6) is 0 Å². The van der Waals surface area contributed by atoms with Crippen LogP contribution in [0.25, 0.3) is 0 Å². The lowest BCUT2D eigenvalue weighted by atomic mass is 10.0. The predicted octanol–water partition coefficient (Wildman–Crippen LogP) is 1.63. The molecular weight excluding hydrogens is 332 g/mol. The first-order chi connectivity index (χ1) is 12.5. The second-order valence-corrected chi connectivity index (χ2v) is 7.27. The smallest absolute Gasteiger partial charge is 0.290 e. The molecule has 0 aromatic carbocycles. The summed E-state index contributed by atoms with van der Waals surface area (Å²) in [5.41, 5.74) is 1.75. The second kappa shape index (κ2) is 8.42. The quantitative estimate of drug-likeness (QED) is 0.816.